The number of carboxylic acid groups (broad SMARTS) is 1. The van der Waals surface area contributed by atoms with Crippen molar-refractivity contribution in [1.29, 1.82) is 0 Å². The van der Waals surface area contributed by atoms with E-state index in [4.69, 9.17) is 9.84 Å². The van der Waals surface area contributed by atoms with Crippen LogP contribution in [0, 0.1) is 0 Å². The summed E-state index contributed by atoms with van der Waals surface area (Å²) >= 11 is 0. The van der Waals surface area contributed by atoms with Gasteiger partial charge in [0, 0.05) is 13.7 Å². The molecule has 1 heterocycles. The van der Waals surface area contributed by atoms with E-state index in [2.05, 4.69) is 0 Å². The highest BCUT2D eigenvalue weighted by molar-refractivity contribution is 5.93. The minimum absolute atomic E-state index is 0.00209. The number of ether oxygens (including phenoxy) is 1. The Morgan fingerprint density at radius 3 is 2.64 bits per heavy atom. The summed E-state index contributed by atoms with van der Waals surface area (Å²) in [6, 6.07) is 0.0156. The van der Waals surface area contributed by atoms with Crippen molar-refractivity contribution in [3.05, 3.63) is 0 Å². The summed E-state index contributed by atoms with van der Waals surface area (Å²) in [6.07, 6.45) is 0.334. The summed E-state index contributed by atoms with van der Waals surface area (Å²) in [5.74, 6) is -1.45. The molecule has 0 aromatic rings. The van der Waals surface area contributed by atoms with Crippen LogP contribution in [0.2, 0.25) is 0 Å². The lowest BCUT2D eigenvalue weighted by molar-refractivity contribution is -0.145. The summed E-state index contributed by atoms with van der Waals surface area (Å²) in [7, 11) is 1.63. The van der Waals surface area contributed by atoms with Gasteiger partial charge in [-0.3, -0.25) is 9.59 Å². The van der Waals surface area contributed by atoms with Crippen LogP contribution in [0.15, 0.2) is 0 Å². The van der Waals surface area contributed by atoms with Crippen LogP contribution in [0.4, 0.5) is 0 Å². The van der Waals surface area contributed by atoms with Crippen molar-refractivity contribution in [2.24, 2.45) is 0 Å². The highest BCUT2D eigenvalue weighted by atomic mass is 16.5. The first kappa shape index (κ1) is 11.0. The second-order valence-corrected chi connectivity index (χ2v) is 3.51. The Morgan fingerprint density at radius 2 is 2.21 bits per heavy atom. The molecule has 5 nitrogen and oxygen atoms in total. The molecule has 2 unspecified atom stereocenters. The first-order valence-electron chi connectivity index (χ1n) is 4.61. The van der Waals surface area contributed by atoms with Crippen molar-refractivity contribution in [2.45, 2.75) is 31.9 Å². The van der Waals surface area contributed by atoms with E-state index in [1.165, 1.54) is 4.90 Å². The number of carboxylic acids is 1. The number of hydrogen-bond donors (Lipinski definition) is 1. The van der Waals surface area contributed by atoms with Gasteiger partial charge in [0.25, 0.3) is 0 Å². The number of carbonyl (C=O) groups excluding carboxylic acids is 1. The van der Waals surface area contributed by atoms with Crippen molar-refractivity contribution in [3.63, 3.8) is 0 Å². The Balaban J connectivity index is 2.51. The number of rotatable bonds is 3. The Bertz CT molecular complexity index is 241. The van der Waals surface area contributed by atoms with E-state index < -0.39 is 12.4 Å². The van der Waals surface area contributed by atoms with Crippen LogP contribution in [-0.2, 0) is 14.3 Å². The van der Waals surface area contributed by atoms with Gasteiger partial charge in [-0.05, 0) is 13.3 Å². The predicted molar refractivity (Wildman–Crippen MR) is 48.8 cm³/mol. The van der Waals surface area contributed by atoms with Gasteiger partial charge in [-0.15, -0.1) is 0 Å². The van der Waals surface area contributed by atoms with Gasteiger partial charge in [0.1, 0.15) is 6.42 Å². The number of likely N-dealkylation sites (N-methyl/N-ethyl adjacent to an activating group) is 1. The van der Waals surface area contributed by atoms with Crippen LogP contribution in [0.25, 0.3) is 0 Å². The molecule has 0 bridgehead atoms. The van der Waals surface area contributed by atoms with E-state index in [0.29, 0.717) is 6.61 Å². The summed E-state index contributed by atoms with van der Waals surface area (Å²) in [6.45, 7) is 2.53. The lowest BCUT2D eigenvalue weighted by Crippen LogP contribution is -2.41. The van der Waals surface area contributed by atoms with Crippen LogP contribution in [-0.4, -0.2) is 47.7 Å². The minimum Gasteiger partial charge on any atom is -0.481 e. The Labute approximate surface area is 82.6 Å². The molecule has 80 valence electrons. The number of hydrogen-bond acceptors (Lipinski definition) is 3. The van der Waals surface area contributed by atoms with E-state index in [1.807, 2.05) is 6.92 Å². The normalized spacial score (nSPS) is 26.1. The van der Waals surface area contributed by atoms with Gasteiger partial charge in [0.15, 0.2) is 0 Å². The van der Waals surface area contributed by atoms with Gasteiger partial charge in [0.05, 0.1) is 12.1 Å². The van der Waals surface area contributed by atoms with Gasteiger partial charge in [-0.2, -0.15) is 0 Å². The Morgan fingerprint density at radius 1 is 1.57 bits per heavy atom. The first-order valence-corrected chi connectivity index (χ1v) is 4.61. The fourth-order valence-electron chi connectivity index (χ4n) is 1.67. The molecule has 0 radical (unpaired) electrons. The molecule has 1 amide bonds. The van der Waals surface area contributed by atoms with Gasteiger partial charge in [-0.25, -0.2) is 0 Å². The molecule has 0 aromatic heterocycles. The fraction of sp³-hybridized carbons (Fsp3) is 0.778. The van der Waals surface area contributed by atoms with E-state index in [0.717, 1.165) is 6.42 Å². The third-order valence-corrected chi connectivity index (χ3v) is 2.53. The van der Waals surface area contributed by atoms with Gasteiger partial charge in [0.2, 0.25) is 5.91 Å². The Kier molecular flexibility index (Phi) is 3.46. The van der Waals surface area contributed by atoms with E-state index in [1.54, 1.807) is 7.05 Å². The van der Waals surface area contributed by atoms with Gasteiger partial charge < -0.3 is 14.7 Å². The second kappa shape index (κ2) is 4.41. The molecule has 0 aromatic carbocycles. The van der Waals surface area contributed by atoms with Crippen LogP contribution in [0.5, 0.6) is 0 Å². The average molecular weight is 201 g/mol. The maximum absolute atomic E-state index is 11.4. The standard InChI is InChI=1S/C9H15NO4/c1-6-7(3-4-14-6)10(2)8(11)5-9(12)13/h6-7H,3-5H2,1-2H3,(H,12,13). The molecular weight excluding hydrogens is 186 g/mol. The zero-order valence-electron chi connectivity index (χ0n) is 8.40. The smallest absolute Gasteiger partial charge is 0.312 e. The van der Waals surface area contributed by atoms with E-state index >= 15 is 0 Å². The van der Waals surface area contributed by atoms with Crippen LogP contribution in [0.3, 0.4) is 0 Å². The topological polar surface area (TPSA) is 66.8 Å². The van der Waals surface area contributed by atoms with Crippen LogP contribution < -0.4 is 0 Å². The van der Waals surface area contributed by atoms with Crippen molar-refractivity contribution in [3.8, 4) is 0 Å². The number of nitrogens with zero attached hydrogens (tertiary/aromatic N) is 1. The highest BCUT2D eigenvalue weighted by Gasteiger charge is 2.30. The quantitative estimate of drug-likeness (QED) is 0.657. The molecule has 14 heavy (non-hydrogen) atoms. The maximum Gasteiger partial charge on any atom is 0.312 e. The molecule has 1 fully saturated rings. The van der Waals surface area contributed by atoms with Gasteiger partial charge >= 0.3 is 5.97 Å². The lowest BCUT2D eigenvalue weighted by atomic mass is 10.1. The number of aliphatic carboxylic acids is 1. The van der Waals surface area contributed by atoms with Crippen molar-refractivity contribution in [2.75, 3.05) is 13.7 Å². The molecule has 1 saturated heterocycles. The lowest BCUT2D eigenvalue weighted by Gasteiger charge is -2.26. The van der Waals surface area contributed by atoms with Crippen LogP contribution in [0.1, 0.15) is 19.8 Å². The summed E-state index contributed by atoms with van der Waals surface area (Å²) in [4.78, 5) is 23.2. The summed E-state index contributed by atoms with van der Waals surface area (Å²) in [5, 5.41) is 8.46. The predicted octanol–water partition coefficient (Wildman–Crippen LogP) is 0.0969. The molecule has 0 spiro atoms. The van der Waals surface area contributed by atoms with Crippen molar-refractivity contribution < 1.29 is 19.4 Å². The molecule has 1 rings (SSSR count). The zero-order valence-corrected chi connectivity index (χ0v) is 8.40. The molecule has 1 N–H and O–H groups in total. The third kappa shape index (κ3) is 2.45. The largest absolute Gasteiger partial charge is 0.481 e. The number of carbonyl (C=O) groups is 2. The summed E-state index contributed by atoms with van der Waals surface area (Å²) < 4.78 is 5.30. The van der Waals surface area contributed by atoms with E-state index in [9.17, 15) is 9.59 Å². The fourth-order valence-corrected chi connectivity index (χ4v) is 1.67. The molecular formula is C9H15NO4. The van der Waals surface area contributed by atoms with Crippen molar-refractivity contribution >= 4 is 11.9 Å². The third-order valence-electron chi connectivity index (χ3n) is 2.53. The molecule has 0 saturated carbocycles. The Hall–Kier alpha value is -1.10. The zero-order chi connectivity index (χ0) is 10.7. The van der Waals surface area contributed by atoms with Crippen LogP contribution >= 0.6 is 0 Å². The minimum atomic E-state index is -1.09. The van der Waals surface area contributed by atoms with Gasteiger partial charge in [-0.1, -0.05) is 0 Å². The number of amides is 1. The molecule has 1 aliphatic rings. The highest BCUT2D eigenvalue weighted by Crippen LogP contribution is 2.18. The molecule has 0 aliphatic carbocycles. The first-order chi connectivity index (χ1) is 6.52. The molecule has 2 atom stereocenters. The van der Waals surface area contributed by atoms with E-state index in [-0.39, 0.29) is 18.1 Å². The summed E-state index contributed by atoms with van der Waals surface area (Å²) in [5.41, 5.74) is 0. The maximum atomic E-state index is 11.4. The van der Waals surface area contributed by atoms with Crippen molar-refractivity contribution in [1.82, 2.24) is 4.90 Å². The molecule has 5 heteroatoms. The monoisotopic (exact) mass is 201 g/mol. The average Bonchev–Trinajstić information content (AvgIpc) is 2.48. The SMILES string of the molecule is CC1OCCC1N(C)C(=O)CC(=O)O. The molecule has 1 aliphatic heterocycles. The second-order valence-electron chi connectivity index (χ2n) is 3.51.